The molecular formula is C15H23NO2. The summed E-state index contributed by atoms with van der Waals surface area (Å²) in [6.45, 7) is 9.06. The van der Waals surface area contributed by atoms with Crippen molar-refractivity contribution in [1.29, 1.82) is 0 Å². The molecule has 0 aliphatic heterocycles. The van der Waals surface area contributed by atoms with Gasteiger partial charge in [0.25, 0.3) is 0 Å². The van der Waals surface area contributed by atoms with Crippen LogP contribution in [0.25, 0.3) is 0 Å². The van der Waals surface area contributed by atoms with Gasteiger partial charge in [0.1, 0.15) is 11.5 Å². The summed E-state index contributed by atoms with van der Waals surface area (Å²) in [4.78, 5) is 0. The van der Waals surface area contributed by atoms with Gasteiger partial charge in [0.15, 0.2) is 0 Å². The van der Waals surface area contributed by atoms with Crippen LogP contribution in [0.1, 0.15) is 37.2 Å². The van der Waals surface area contributed by atoms with E-state index in [1.165, 1.54) is 6.42 Å². The van der Waals surface area contributed by atoms with E-state index >= 15 is 0 Å². The van der Waals surface area contributed by atoms with Crippen LogP contribution in [0.2, 0.25) is 0 Å². The Morgan fingerprint density at radius 3 is 3.06 bits per heavy atom. The maximum absolute atomic E-state index is 5.81. The molecule has 2 rings (SSSR count). The molecule has 1 aliphatic carbocycles. The average molecular weight is 249 g/mol. The lowest BCUT2D eigenvalue weighted by atomic mass is 10.3. The quantitative estimate of drug-likeness (QED) is 0.539. The fourth-order valence-electron chi connectivity index (χ4n) is 2.03. The van der Waals surface area contributed by atoms with Gasteiger partial charge >= 0.3 is 0 Å². The number of furan rings is 1. The lowest BCUT2D eigenvalue weighted by Crippen LogP contribution is -2.19. The Labute approximate surface area is 109 Å². The molecule has 0 bridgehead atoms. The monoisotopic (exact) mass is 249 g/mol. The van der Waals surface area contributed by atoms with Crippen molar-refractivity contribution in [3.05, 3.63) is 36.3 Å². The first-order valence-corrected chi connectivity index (χ1v) is 6.79. The van der Waals surface area contributed by atoms with E-state index in [1.54, 1.807) is 0 Å². The first-order chi connectivity index (χ1) is 8.81. The van der Waals surface area contributed by atoms with E-state index in [9.17, 15) is 0 Å². The number of rotatable bonds is 9. The lowest BCUT2D eigenvalue weighted by Gasteiger charge is -2.03. The van der Waals surface area contributed by atoms with Crippen LogP contribution in [0, 0.1) is 5.92 Å². The molecule has 0 amide bonds. The minimum Gasteiger partial charge on any atom is -0.464 e. The molecule has 0 aromatic carbocycles. The highest BCUT2D eigenvalue weighted by molar-refractivity contribution is 5.17. The van der Waals surface area contributed by atoms with Crippen LogP contribution >= 0.6 is 0 Å². The van der Waals surface area contributed by atoms with Crippen molar-refractivity contribution in [2.45, 2.75) is 32.2 Å². The standard InChI is InChI=1S/C15H23NO2/c1-3-4-8-17-9-7-16-11-13-5-6-15(18-13)14-10-12(14)2/h3,5-6,12,14,16H,1,4,7-11H2,2H3. The van der Waals surface area contributed by atoms with Gasteiger partial charge in [-0.1, -0.05) is 13.0 Å². The van der Waals surface area contributed by atoms with E-state index in [1.807, 2.05) is 6.08 Å². The third-order valence-corrected chi connectivity index (χ3v) is 3.35. The molecule has 1 fully saturated rings. The molecular weight excluding hydrogens is 226 g/mol. The Morgan fingerprint density at radius 1 is 1.50 bits per heavy atom. The highest BCUT2D eigenvalue weighted by Gasteiger charge is 2.36. The molecule has 3 nitrogen and oxygen atoms in total. The maximum Gasteiger partial charge on any atom is 0.117 e. The summed E-state index contributed by atoms with van der Waals surface area (Å²) >= 11 is 0. The predicted octanol–water partition coefficient (Wildman–Crippen LogP) is 3.09. The number of ether oxygens (including phenoxy) is 1. The smallest absolute Gasteiger partial charge is 0.117 e. The van der Waals surface area contributed by atoms with Crippen LogP contribution < -0.4 is 5.32 Å². The molecule has 2 unspecified atom stereocenters. The van der Waals surface area contributed by atoms with Gasteiger partial charge in [-0.3, -0.25) is 0 Å². The second kappa shape index (κ2) is 6.76. The van der Waals surface area contributed by atoms with Crippen LogP contribution in [0.5, 0.6) is 0 Å². The summed E-state index contributed by atoms with van der Waals surface area (Å²) in [7, 11) is 0. The molecule has 2 atom stereocenters. The van der Waals surface area contributed by atoms with Crippen molar-refractivity contribution < 1.29 is 9.15 Å². The Kier molecular flexibility index (Phi) is 5.02. The molecule has 1 aromatic rings. The largest absolute Gasteiger partial charge is 0.464 e. The van der Waals surface area contributed by atoms with E-state index < -0.39 is 0 Å². The summed E-state index contributed by atoms with van der Waals surface area (Å²) in [6, 6.07) is 4.19. The Hall–Kier alpha value is -1.06. The number of nitrogens with one attached hydrogen (secondary N) is 1. The van der Waals surface area contributed by atoms with Crippen LogP contribution in [-0.4, -0.2) is 19.8 Å². The summed E-state index contributed by atoms with van der Waals surface area (Å²) in [5.41, 5.74) is 0. The number of hydrogen-bond acceptors (Lipinski definition) is 3. The molecule has 1 aromatic heterocycles. The normalized spacial score (nSPS) is 22.1. The molecule has 100 valence electrons. The predicted molar refractivity (Wildman–Crippen MR) is 72.6 cm³/mol. The van der Waals surface area contributed by atoms with Gasteiger partial charge in [-0.05, 0) is 30.9 Å². The molecule has 0 saturated heterocycles. The fourth-order valence-corrected chi connectivity index (χ4v) is 2.03. The summed E-state index contributed by atoms with van der Waals surface area (Å²) < 4.78 is 11.2. The van der Waals surface area contributed by atoms with Crippen LogP contribution in [-0.2, 0) is 11.3 Å². The Balaban J connectivity index is 1.56. The molecule has 0 radical (unpaired) electrons. The highest BCUT2D eigenvalue weighted by Crippen LogP contribution is 2.47. The minimum absolute atomic E-state index is 0.668. The molecule has 1 aliphatic rings. The first kappa shape index (κ1) is 13.4. The molecule has 18 heavy (non-hydrogen) atoms. The van der Waals surface area contributed by atoms with Gasteiger partial charge in [0.05, 0.1) is 19.8 Å². The van der Waals surface area contributed by atoms with Crippen molar-refractivity contribution in [2.24, 2.45) is 5.92 Å². The zero-order chi connectivity index (χ0) is 12.8. The average Bonchev–Trinajstić information content (AvgIpc) is 2.91. The van der Waals surface area contributed by atoms with E-state index in [0.717, 1.165) is 50.2 Å². The topological polar surface area (TPSA) is 34.4 Å². The van der Waals surface area contributed by atoms with Crippen molar-refractivity contribution in [3.63, 3.8) is 0 Å². The molecule has 0 spiro atoms. The van der Waals surface area contributed by atoms with Gasteiger partial charge in [-0.2, -0.15) is 0 Å². The van der Waals surface area contributed by atoms with Crippen LogP contribution in [0.3, 0.4) is 0 Å². The Morgan fingerprint density at radius 2 is 2.33 bits per heavy atom. The fraction of sp³-hybridized carbons (Fsp3) is 0.600. The van der Waals surface area contributed by atoms with Crippen molar-refractivity contribution >= 4 is 0 Å². The third-order valence-electron chi connectivity index (χ3n) is 3.35. The molecule has 1 N–H and O–H groups in total. The molecule has 1 saturated carbocycles. The van der Waals surface area contributed by atoms with E-state index in [-0.39, 0.29) is 0 Å². The van der Waals surface area contributed by atoms with E-state index in [2.05, 4.69) is 31.0 Å². The summed E-state index contributed by atoms with van der Waals surface area (Å²) in [6.07, 6.45) is 4.06. The van der Waals surface area contributed by atoms with Gasteiger partial charge in [0.2, 0.25) is 0 Å². The van der Waals surface area contributed by atoms with E-state index in [0.29, 0.717) is 5.92 Å². The zero-order valence-corrected chi connectivity index (χ0v) is 11.2. The second-order valence-corrected chi connectivity index (χ2v) is 4.99. The minimum atomic E-state index is 0.668. The summed E-state index contributed by atoms with van der Waals surface area (Å²) in [5, 5.41) is 3.32. The highest BCUT2D eigenvalue weighted by atomic mass is 16.5. The van der Waals surface area contributed by atoms with Crippen molar-refractivity contribution in [2.75, 3.05) is 19.8 Å². The molecule has 3 heteroatoms. The van der Waals surface area contributed by atoms with Crippen LogP contribution in [0.4, 0.5) is 0 Å². The van der Waals surface area contributed by atoms with Crippen molar-refractivity contribution in [1.82, 2.24) is 5.32 Å². The molecule has 1 heterocycles. The number of hydrogen-bond donors (Lipinski definition) is 1. The van der Waals surface area contributed by atoms with Gasteiger partial charge < -0.3 is 14.5 Å². The van der Waals surface area contributed by atoms with Crippen LogP contribution in [0.15, 0.2) is 29.2 Å². The second-order valence-electron chi connectivity index (χ2n) is 4.99. The first-order valence-electron chi connectivity index (χ1n) is 6.79. The van der Waals surface area contributed by atoms with Gasteiger partial charge in [-0.15, -0.1) is 6.58 Å². The Bertz CT molecular complexity index is 372. The third kappa shape index (κ3) is 4.00. The SMILES string of the molecule is C=CCCOCCNCc1ccc(C2CC2C)o1. The maximum atomic E-state index is 5.81. The van der Waals surface area contributed by atoms with Gasteiger partial charge in [0, 0.05) is 12.5 Å². The summed E-state index contributed by atoms with van der Waals surface area (Å²) in [5.74, 6) is 3.65. The van der Waals surface area contributed by atoms with E-state index in [4.69, 9.17) is 9.15 Å². The lowest BCUT2D eigenvalue weighted by molar-refractivity contribution is 0.140. The zero-order valence-electron chi connectivity index (χ0n) is 11.2. The van der Waals surface area contributed by atoms with Crippen molar-refractivity contribution in [3.8, 4) is 0 Å². The van der Waals surface area contributed by atoms with Gasteiger partial charge in [-0.25, -0.2) is 0 Å².